The van der Waals surface area contributed by atoms with Gasteiger partial charge in [0.1, 0.15) is 5.52 Å². The molecule has 4 rings (SSSR count). The molecule has 0 aliphatic carbocycles. The van der Waals surface area contributed by atoms with Crippen molar-refractivity contribution in [1.29, 1.82) is 0 Å². The first-order chi connectivity index (χ1) is 13.4. The summed E-state index contributed by atoms with van der Waals surface area (Å²) in [6.45, 7) is 0. The molecule has 0 aliphatic heterocycles. The van der Waals surface area contributed by atoms with Crippen LogP contribution in [0.4, 0.5) is 5.13 Å². The third-order valence-electron chi connectivity index (χ3n) is 4.01. The van der Waals surface area contributed by atoms with Gasteiger partial charge in [0.15, 0.2) is 10.2 Å². The smallest absolute Gasteiger partial charge is 0.258 e. The van der Waals surface area contributed by atoms with E-state index in [2.05, 4.69) is 31.5 Å². The molecule has 9 heteroatoms. The molecule has 0 unspecified atom stereocenters. The van der Waals surface area contributed by atoms with Crippen LogP contribution in [0.25, 0.3) is 21.0 Å². The van der Waals surface area contributed by atoms with Gasteiger partial charge in [0, 0.05) is 10.0 Å². The normalized spacial score (nSPS) is 11.0. The van der Waals surface area contributed by atoms with Crippen molar-refractivity contribution < 1.29 is 4.79 Å². The quantitative estimate of drug-likeness (QED) is 0.296. The molecule has 140 valence electrons. The Morgan fingerprint density at radius 2 is 1.82 bits per heavy atom. The fraction of sp³-hybridized carbons (Fsp3) is 0. The number of rotatable bonds is 2. The van der Waals surface area contributed by atoms with Crippen molar-refractivity contribution in [2.24, 2.45) is 0 Å². The number of aromatic nitrogens is 1. The first-order valence-corrected chi connectivity index (χ1v) is 10.8. The van der Waals surface area contributed by atoms with Crippen molar-refractivity contribution in [3.8, 4) is 0 Å². The molecule has 0 atom stereocenters. The van der Waals surface area contributed by atoms with Crippen LogP contribution in [0.5, 0.6) is 0 Å². The van der Waals surface area contributed by atoms with E-state index in [4.69, 9.17) is 35.4 Å². The number of hydrogen-bond donors (Lipinski definition) is 2. The molecule has 0 bridgehead atoms. The van der Waals surface area contributed by atoms with Crippen molar-refractivity contribution in [1.82, 2.24) is 10.3 Å². The Balaban J connectivity index is 1.55. The van der Waals surface area contributed by atoms with E-state index in [1.165, 1.54) is 11.3 Å². The topological polar surface area (TPSA) is 54.0 Å². The zero-order valence-electron chi connectivity index (χ0n) is 13.9. The summed E-state index contributed by atoms with van der Waals surface area (Å²) in [6.07, 6.45) is 0. The molecule has 0 radical (unpaired) electrons. The number of carbonyl (C=O) groups excluding carboxylic acids is 1. The molecule has 28 heavy (non-hydrogen) atoms. The highest BCUT2D eigenvalue weighted by Gasteiger charge is 2.15. The lowest BCUT2D eigenvalue weighted by Crippen LogP contribution is -2.34. The van der Waals surface area contributed by atoms with Crippen molar-refractivity contribution in [3.05, 3.63) is 68.6 Å². The van der Waals surface area contributed by atoms with E-state index in [0.29, 0.717) is 26.3 Å². The molecule has 4 aromatic rings. The molecule has 0 fully saturated rings. The van der Waals surface area contributed by atoms with Gasteiger partial charge in [-0.25, -0.2) is 4.98 Å². The van der Waals surface area contributed by atoms with Crippen LogP contribution in [-0.2, 0) is 0 Å². The Kier molecular flexibility index (Phi) is 5.53. The maximum absolute atomic E-state index is 12.7. The first kappa shape index (κ1) is 19.5. The van der Waals surface area contributed by atoms with Gasteiger partial charge in [-0.2, -0.15) is 0 Å². The molecule has 2 N–H and O–H groups in total. The Morgan fingerprint density at radius 1 is 1.07 bits per heavy atom. The predicted molar refractivity (Wildman–Crippen MR) is 125 cm³/mol. The number of carbonyl (C=O) groups is 1. The van der Waals surface area contributed by atoms with Crippen LogP contribution in [-0.4, -0.2) is 16.0 Å². The van der Waals surface area contributed by atoms with Gasteiger partial charge in [0.2, 0.25) is 0 Å². The zero-order chi connectivity index (χ0) is 19.8. The van der Waals surface area contributed by atoms with Gasteiger partial charge in [-0.3, -0.25) is 10.1 Å². The van der Waals surface area contributed by atoms with E-state index in [1.807, 2.05) is 36.4 Å². The van der Waals surface area contributed by atoms with Gasteiger partial charge in [0.05, 0.1) is 14.7 Å². The number of fused-ring (bicyclic) bond motifs is 2. The minimum Gasteiger partial charge on any atom is -0.308 e. The summed E-state index contributed by atoms with van der Waals surface area (Å²) < 4.78 is 1.79. The second-order valence-electron chi connectivity index (χ2n) is 5.78. The van der Waals surface area contributed by atoms with Crippen LogP contribution in [0.3, 0.4) is 0 Å². The van der Waals surface area contributed by atoms with Gasteiger partial charge >= 0.3 is 0 Å². The van der Waals surface area contributed by atoms with Crippen LogP contribution in [0.15, 0.2) is 53.0 Å². The fourth-order valence-electron chi connectivity index (χ4n) is 2.76. The maximum Gasteiger partial charge on any atom is 0.258 e. The molecule has 0 spiro atoms. The highest BCUT2D eigenvalue weighted by molar-refractivity contribution is 9.10. The monoisotopic (exact) mass is 509 g/mol. The summed E-state index contributed by atoms with van der Waals surface area (Å²) in [6, 6.07) is 14.8. The summed E-state index contributed by atoms with van der Waals surface area (Å²) in [4.78, 5) is 17.1. The SMILES string of the molecule is O=C(NC(=S)Nc1nc2c(Cl)c(Cl)ccc2s1)c1cccc2c(Br)cccc12. The number of nitrogens with zero attached hydrogens (tertiary/aromatic N) is 1. The number of benzene rings is 3. The molecule has 3 aromatic carbocycles. The van der Waals surface area contributed by atoms with Gasteiger partial charge in [-0.05, 0) is 47.3 Å². The lowest BCUT2D eigenvalue weighted by Gasteiger charge is -2.10. The second-order valence-corrected chi connectivity index (χ2v) is 8.85. The molecular formula is C19H10BrCl2N3OS2. The van der Waals surface area contributed by atoms with Crippen molar-refractivity contribution in [2.45, 2.75) is 0 Å². The molecule has 1 heterocycles. The first-order valence-electron chi connectivity index (χ1n) is 7.98. The molecule has 0 saturated heterocycles. The predicted octanol–water partition coefficient (Wildman–Crippen LogP) is 6.65. The Morgan fingerprint density at radius 3 is 2.64 bits per heavy atom. The van der Waals surface area contributed by atoms with Crippen molar-refractivity contribution in [2.75, 3.05) is 5.32 Å². The van der Waals surface area contributed by atoms with Crippen molar-refractivity contribution in [3.63, 3.8) is 0 Å². The summed E-state index contributed by atoms with van der Waals surface area (Å²) in [5.41, 5.74) is 1.12. The van der Waals surface area contributed by atoms with E-state index >= 15 is 0 Å². The molecule has 4 nitrogen and oxygen atoms in total. The van der Waals surface area contributed by atoms with Crippen LogP contribution < -0.4 is 10.6 Å². The number of nitrogens with one attached hydrogen (secondary N) is 2. The summed E-state index contributed by atoms with van der Waals surface area (Å²) in [7, 11) is 0. The van der Waals surface area contributed by atoms with E-state index in [9.17, 15) is 4.79 Å². The largest absolute Gasteiger partial charge is 0.308 e. The number of thiocarbonyl (C=S) groups is 1. The summed E-state index contributed by atoms with van der Waals surface area (Å²) >= 11 is 22.4. The van der Waals surface area contributed by atoms with Crippen LogP contribution in [0.2, 0.25) is 10.0 Å². The van der Waals surface area contributed by atoms with Crippen LogP contribution in [0, 0.1) is 0 Å². The number of anilines is 1. The Labute approximate surface area is 188 Å². The molecule has 0 aliphatic rings. The van der Waals surface area contributed by atoms with E-state index < -0.39 is 0 Å². The summed E-state index contributed by atoms with van der Waals surface area (Å²) in [5.74, 6) is -0.302. The lowest BCUT2D eigenvalue weighted by atomic mass is 10.0. The zero-order valence-corrected chi connectivity index (χ0v) is 18.7. The van der Waals surface area contributed by atoms with Crippen LogP contribution in [0.1, 0.15) is 10.4 Å². The lowest BCUT2D eigenvalue weighted by molar-refractivity contribution is 0.0979. The molecular weight excluding hydrogens is 501 g/mol. The Hall–Kier alpha value is -1.77. The van der Waals surface area contributed by atoms with E-state index in [1.54, 1.807) is 12.1 Å². The number of thiazole rings is 1. The Bertz CT molecular complexity index is 1260. The highest BCUT2D eigenvalue weighted by atomic mass is 79.9. The van der Waals surface area contributed by atoms with Gasteiger partial charge < -0.3 is 5.32 Å². The molecule has 1 amide bonds. The standard InChI is InChI=1S/C19H10BrCl2N3OS2/c20-12-6-2-3-9-10(12)4-1-5-11(9)17(26)24-18(27)25-19-23-16-14(28-19)8-7-13(21)15(16)22/h1-8H,(H2,23,24,25,26,27). The maximum atomic E-state index is 12.7. The van der Waals surface area contributed by atoms with Gasteiger partial charge in [0.25, 0.3) is 5.91 Å². The fourth-order valence-corrected chi connectivity index (χ4v) is 4.81. The average Bonchev–Trinajstić information content (AvgIpc) is 3.08. The van der Waals surface area contributed by atoms with Crippen LogP contribution >= 0.6 is 62.7 Å². The molecule has 1 aromatic heterocycles. The van der Waals surface area contributed by atoms with Gasteiger partial charge in [-0.15, -0.1) is 0 Å². The third kappa shape index (κ3) is 3.73. The minimum atomic E-state index is -0.302. The van der Waals surface area contributed by atoms with E-state index in [0.717, 1.165) is 19.9 Å². The van der Waals surface area contributed by atoms with Gasteiger partial charge in [-0.1, -0.05) is 74.7 Å². The number of amides is 1. The number of hydrogen-bond acceptors (Lipinski definition) is 4. The molecule has 0 saturated carbocycles. The second kappa shape index (κ2) is 7.93. The third-order valence-corrected chi connectivity index (χ3v) is 6.64. The summed E-state index contributed by atoms with van der Waals surface area (Å²) in [5, 5.41) is 8.91. The minimum absolute atomic E-state index is 0.151. The van der Waals surface area contributed by atoms with Crippen molar-refractivity contribution >= 4 is 99.8 Å². The highest BCUT2D eigenvalue weighted by Crippen LogP contribution is 2.35. The number of halogens is 3. The average molecular weight is 511 g/mol. The van der Waals surface area contributed by atoms with E-state index in [-0.39, 0.29) is 11.0 Å².